The molecule has 4 aromatic rings. The second-order valence-corrected chi connectivity index (χ2v) is 7.97. The van der Waals surface area contributed by atoms with Crippen molar-refractivity contribution in [3.63, 3.8) is 0 Å². The van der Waals surface area contributed by atoms with Gasteiger partial charge in [0.05, 0.1) is 19.4 Å². The zero-order valence-electron chi connectivity index (χ0n) is 18.7. The summed E-state index contributed by atoms with van der Waals surface area (Å²) in [6.07, 6.45) is 2.48. The highest BCUT2D eigenvalue weighted by Crippen LogP contribution is 2.20. The van der Waals surface area contributed by atoms with Gasteiger partial charge in [0.25, 0.3) is 5.89 Å². The minimum Gasteiger partial charge on any atom is -0.459 e. The van der Waals surface area contributed by atoms with Crippen molar-refractivity contribution in [2.24, 2.45) is 0 Å². The number of aryl methyl sites for hydroxylation is 1. The SMILES string of the molecule is CCCN(CC(=O)c1cc(C)n(Cc2ccccc2)c1C)Cc1nnc(-c2ccco2)o1. The van der Waals surface area contributed by atoms with Crippen LogP contribution in [0.3, 0.4) is 0 Å². The number of benzene rings is 1. The van der Waals surface area contributed by atoms with Crippen LogP contribution in [0.25, 0.3) is 11.7 Å². The molecule has 0 saturated carbocycles. The molecule has 1 aromatic carbocycles. The molecule has 0 aliphatic heterocycles. The molecule has 3 aromatic heterocycles. The van der Waals surface area contributed by atoms with Crippen LogP contribution in [-0.4, -0.2) is 38.5 Å². The highest BCUT2D eigenvalue weighted by molar-refractivity contribution is 5.99. The van der Waals surface area contributed by atoms with Crippen LogP contribution in [0.5, 0.6) is 0 Å². The van der Waals surface area contributed by atoms with E-state index < -0.39 is 0 Å². The Morgan fingerprint density at radius 2 is 1.91 bits per heavy atom. The summed E-state index contributed by atoms with van der Waals surface area (Å²) in [4.78, 5) is 15.3. The van der Waals surface area contributed by atoms with Crippen molar-refractivity contribution < 1.29 is 13.6 Å². The maximum absolute atomic E-state index is 13.2. The summed E-state index contributed by atoms with van der Waals surface area (Å²) in [5.74, 6) is 1.44. The standard InChI is InChI=1S/C25H28N4O3/c1-4-12-28(17-24-26-27-25(32-24)23-11-8-13-31-23)16-22(30)21-14-18(2)29(19(21)3)15-20-9-6-5-7-10-20/h5-11,13-14H,4,12,15-17H2,1-3H3. The van der Waals surface area contributed by atoms with Crippen molar-refractivity contribution in [3.8, 4) is 11.7 Å². The summed E-state index contributed by atoms with van der Waals surface area (Å²) in [6.45, 7) is 8.37. The van der Waals surface area contributed by atoms with E-state index in [-0.39, 0.29) is 5.78 Å². The molecule has 32 heavy (non-hydrogen) atoms. The van der Waals surface area contributed by atoms with E-state index in [1.807, 2.05) is 43.0 Å². The van der Waals surface area contributed by atoms with E-state index in [9.17, 15) is 4.79 Å². The van der Waals surface area contributed by atoms with Gasteiger partial charge in [0.1, 0.15) is 0 Å². The Morgan fingerprint density at radius 1 is 1.09 bits per heavy atom. The molecule has 3 heterocycles. The summed E-state index contributed by atoms with van der Waals surface area (Å²) < 4.78 is 13.2. The van der Waals surface area contributed by atoms with Gasteiger partial charge >= 0.3 is 0 Å². The Labute approximate surface area is 187 Å². The number of hydrogen-bond acceptors (Lipinski definition) is 6. The van der Waals surface area contributed by atoms with Crippen molar-refractivity contribution >= 4 is 5.78 Å². The topological polar surface area (TPSA) is 77.3 Å². The molecule has 0 unspecified atom stereocenters. The number of Topliss-reactive ketones (excluding diaryl/α,β-unsaturated/α-hetero) is 1. The van der Waals surface area contributed by atoms with Gasteiger partial charge in [0.2, 0.25) is 5.89 Å². The maximum Gasteiger partial charge on any atom is 0.283 e. The second kappa shape index (κ2) is 9.78. The Balaban J connectivity index is 1.47. The minimum absolute atomic E-state index is 0.0941. The first-order valence-electron chi connectivity index (χ1n) is 10.9. The molecule has 0 amide bonds. The van der Waals surface area contributed by atoms with E-state index in [0.29, 0.717) is 30.6 Å². The molecule has 0 fully saturated rings. The van der Waals surface area contributed by atoms with E-state index in [0.717, 1.165) is 36.5 Å². The first kappa shape index (κ1) is 21.8. The lowest BCUT2D eigenvalue weighted by molar-refractivity contribution is 0.0918. The lowest BCUT2D eigenvalue weighted by Gasteiger charge is -2.19. The number of ketones is 1. The van der Waals surface area contributed by atoms with Gasteiger partial charge in [-0.1, -0.05) is 37.3 Å². The first-order valence-corrected chi connectivity index (χ1v) is 10.9. The van der Waals surface area contributed by atoms with Crippen molar-refractivity contribution in [2.45, 2.75) is 40.3 Å². The average molecular weight is 433 g/mol. The van der Waals surface area contributed by atoms with Crippen LogP contribution in [0, 0.1) is 13.8 Å². The van der Waals surface area contributed by atoms with Gasteiger partial charge in [0, 0.05) is 23.5 Å². The molecule has 0 spiro atoms. The van der Waals surface area contributed by atoms with Crippen molar-refractivity contribution in [3.05, 3.63) is 83.2 Å². The van der Waals surface area contributed by atoms with Crippen LogP contribution < -0.4 is 0 Å². The zero-order chi connectivity index (χ0) is 22.5. The molecule has 7 nitrogen and oxygen atoms in total. The van der Waals surface area contributed by atoms with Crippen LogP contribution in [-0.2, 0) is 13.1 Å². The molecule has 0 atom stereocenters. The predicted molar refractivity (Wildman–Crippen MR) is 121 cm³/mol. The molecule has 4 rings (SSSR count). The summed E-state index contributed by atoms with van der Waals surface area (Å²) >= 11 is 0. The van der Waals surface area contributed by atoms with Crippen LogP contribution in [0.4, 0.5) is 0 Å². The van der Waals surface area contributed by atoms with Gasteiger partial charge in [-0.15, -0.1) is 10.2 Å². The number of nitrogens with zero attached hydrogens (tertiary/aromatic N) is 4. The molecule has 0 radical (unpaired) electrons. The van der Waals surface area contributed by atoms with Gasteiger partial charge in [-0.25, -0.2) is 0 Å². The Morgan fingerprint density at radius 3 is 2.62 bits per heavy atom. The molecule has 7 heteroatoms. The predicted octanol–water partition coefficient (Wildman–Crippen LogP) is 4.89. The third-order valence-electron chi connectivity index (χ3n) is 5.52. The number of carbonyl (C=O) groups excluding carboxylic acids is 1. The molecule has 166 valence electrons. The molecule has 0 aliphatic rings. The van der Waals surface area contributed by atoms with E-state index in [1.165, 1.54) is 5.56 Å². The van der Waals surface area contributed by atoms with Gasteiger partial charge in [-0.3, -0.25) is 9.69 Å². The van der Waals surface area contributed by atoms with Gasteiger partial charge in [-0.05, 0) is 50.6 Å². The number of hydrogen-bond donors (Lipinski definition) is 0. The maximum atomic E-state index is 13.2. The zero-order valence-corrected chi connectivity index (χ0v) is 18.7. The molecule has 0 bridgehead atoms. The fourth-order valence-corrected chi connectivity index (χ4v) is 3.92. The fraction of sp³-hybridized carbons (Fsp3) is 0.320. The van der Waals surface area contributed by atoms with Crippen LogP contribution in [0.2, 0.25) is 0 Å². The highest BCUT2D eigenvalue weighted by Gasteiger charge is 2.20. The monoisotopic (exact) mass is 432 g/mol. The molecule has 0 saturated heterocycles. The molecular weight excluding hydrogens is 404 g/mol. The van der Waals surface area contributed by atoms with Crippen molar-refractivity contribution in [1.82, 2.24) is 19.7 Å². The third-order valence-corrected chi connectivity index (χ3v) is 5.52. The van der Waals surface area contributed by atoms with E-state index in [1.54, 1.807) is 18.4 Å². The first-order chi connectivity index (χ1) is 15.5. The number of rotatable bonds is 10. The van der Waals surface area contributed by atoms with Crippen LogP contribution >= 0.6 is 0 Å². The molecular formula is C25H28N4O3. The largest absolute Gasteiger partial charge is 0.459 e. The average Bonchev–Trinajstić information content (AvgIpc) is 3.52. The van der Waals surface area contributed by atoms with Crippen LogP contribution in [0.1, 0.15) is 46.5 Å². The lowest BCUT2D eigenvalue weighted by Crippen LogP contribution is -2.30. The van der Waals surface area contributed by atoms with Crippen molar-refractivity contribution in [2.75, 3.05) is 13.1 Å². The number of carbonyl (C=O) groups is 1. The Kier molecular flexibility index (Phi) is 6.66. The normalized spacial score (nSPS) is 11.4. The summed E-state index contributed by atoms with van der Waals surface area (Å²) in [7, 11) is 0. The quantitative estimate of drug-likeness (QED) is 0.332. The van der Waals surface area contributed by atoms with E-state index in [4.69, 9.17) is 8.83 Å². The van der Waals surface area contributed by atoms with Gasteiger partial charge < -0.3 is 13.4 Å². The van der Waals surface area contributed by atoms with Gasteiger partial charge in [-0.2, -0.15) is 0 Å². The minimum atomic E-state index is 0.0941. The highest BCUT2D eigenvalue weighted by atomic mass is 16.4. The van der Waals surface area contributed by atoms with E-state index in [2.05, 4.69) is 33.8 Å². The smallest absolute Gasteiger partial charge is 0.283 e. The fourth-order valence-electron chi connectivity index (χ4n) is 3.92. The summed E-state index contributed by atoms with van der Waals surface area (Å²) in [5, 5.41) is 8.18. The summed E-state index contributed by atoms with van der Waals surface area (Å²) in [6, 6.07) is 15.8. The number of furan rings is 1. The molecule has 0 aliphatic carbocycles. The lowest BCUT2D eigenvalue weighted by atomic mass is 10.1. The van der Waals surface area contributed by atoms with Crippen molar-refractivity contribution in [1.29, 1.82) is 0 Å². The second-order valence-electron chi connectivity index (χ2n) is 7.97. The Bertz CT molecular complexity index is 1160. The summed E-state index contributed by atoms with van der Waals surface area (Å²) in [5.41, 5.74) is 4.05. The van der Waals surface area contributed by atoms with Gasteiger partial charge in [0.15, 0.2) is 11.5 Å². The Hall–Kier alpha value is -3.45. The van der Waals surface area contributed by atoms with Crippen LogP contribution in [0.15, 0.2) is 63.6 Å². The number of aromatic nitrogens is 3. The molecule has 0 N–H and O–H groups in total. The van der Waals surface area contributed by atoms with E-state index >= 15 is 0 Å². The third kappa shape index (κ3) is 4.89.